The normalized spacial score (nSPS) is 18.1. The molecule has 2 aromatic rings. The molecule has 1 atom stereocenters. The van der Waals surface area contributed by atoms with Crippen LogP contribution in [0, 0.1) is 13.8 Å². The number of hydrogen-bond donors (Lipinski definition) is 1. The predicted molar refractivity (Wildman–Crippen MR) is 89.6 cm³/mol. The van der Waals surface area contributed by atoms with E-state index in [9.17, 15) is 0 Å². The molecule has 1 aromatic carbocycles. The summed E-state index contributed by atoms with van der Waals surface area (Å²) < 4.78 is 11.3. The van der Waals surface area contributed by atoms with E-state index >= 15 is 0 Å². The molecule has 23 heavy (non-hydrogen) atoms. The SMILES string of the molecule is CCCOc1c(C)cc(-c2noc([C@@H]3CCCCN3)n2)cc1C. The lowest BCUT2D eigenvalue weighted by Gasteiger charge is -2.19. The van der Waals surface area contributed by atoms with E-state index in [1.807, 2.05) is 0 Å². The van der Waals surface area contributed by atoms with Crippen molar-refractivity contribution in [2.75, 3.05) is 13.2 Å². The van der Waals surface area contributed by atoms with Gasteiger partial charge >= 0.3 is 0 Å². The van der Waals surface area contributed by atoms with Crippen LogP contribution >= 0.6 is 0 Å². The molecule has 1 saturated heterocycles. The fourth-order valence-corrected chi connectivity index (χ4v) is 3.07. The molecule has 1 aromatic heterocycles. The minimum absolute atomic E-state index is 0.194. The molecular weight excluding hydrogens is 290 g/mol. The highest BCUT2D eigenvalue weighted by Gasteiger charge is 2.21. The van der Waals surface area contributed by atoms with Crippen LogP contribution in [0.15, 0.2) is 16.7 Å². The molecule has 1 aliphatic heterocycles. The largest absolute Gasteiger partial charge is 0.493 e. The Morgan fingerprint density at radius 1 is 1.26 bits per heavy atom. The van der Waals surface area contributed by atoms with E-state index in [1.165, 1.54) is 12.8 Å². The van der Waals surface area contributed by atoms with E-state index in [4.69, 9.17) is 9.26 Å². The Balaban J connectivity index is 1.83. The topological polar surface area (TPSA) is 60.2 Å². The molecule has 124 valence electrons. The number of hydrogen-bond acceptors (Lipinski definition) is 5. The zero-order valence-electron chi connectivity index (χ0n) is 14.2. The van der Waals surface area contributed by atoms with Gasteiger partial charge in [0.05, 0.1) is 12.6 Å². The number of rotatable bonds is 5. The fraction of sp³-hybridized carbons (Fsp3) is 0.556. The number of aromatic nitrogens is 2. The third-order valence-corrected chi connectivity index (χ3v) is 4.22. The Bertz CT molecular complexity index is 637. The number of nitrogens with one attached hydrogen (secondary N) is 1. The Hall–Kier alpha value is -1.88. The van der Waals surface area contributed by atoms with Gasteiger partial charge in [-0.2, -0.15) is 4.98 Å². The monoisotopic (exact) mass is 315 g/mol. The molecule has 0 saturated carbocycles. The molecule has 5 heteroatoms. The van der Waals surface area contributed by atoms with Gasteiger partial charge in [-0.05, 0) is 62.9 Å². The molecule has 0 bridgehead atoms. The second kappa shape index (κ2) is 7.13. The van der Waals surface area contributed by atoms with Gasteiger partial charge in [0, 0.05) is 5.56 Å². The van der Waals surface area contributed by atoms with Crippen molar-refractivity contribution in [3.8, 4) is 17.1 Å². The van der Waals surface area contributed by atoms with Crippen LogP contribution in [0.2, 0.25) is 0 Å². The maximum Gasteiger partial charge on any atom is 0.244 e. The van der Waals surface area contributed by atoms with E-state index in [0.29, 0.717) is 11.7 Å². The van der Waals surface area contributed by atoms with E-state index in [-0.39, 0.29) is 6.04 Å². The molecule has 3 rings (SSSR count). The van der Waals surface area contributed by atoms with Gasteiger partial charge in [-0.25, -0.2) is 0 Å². The van der Waals surface area contributed by atoms with E-state index < -0.39 is 0 Å². The summed E-state index contributed by atoms with van der Waals surface area (Å²) in [5.41, 5.74) is 3.20. The summed E-state index contributed by atoms with van der Waals surface area (Å²) in [4.78, 5) is 4.60. The van der Waals surface area contributed by atoms with Crippen LogP contribution in [0.3, 0.4) is 0 Å². The lowest BCUT2D eigenvalue weighted by atomic mass is 10.0. The second-order valence-corrected chi connectivity index (χ2v) is 6.25. The zero-order valence-corrected chi connectivity index (χ0v) is 14.2. The van der Waals surface area contributed by atoms with Gasteiger partial charge in [-0.3, -0.25) is 0 Å². The quantitative estimate of drug-likeness (QED) is 0.905. The average Bonchev–Trinajstić information content (AvgIpc) is 3.05. The van der Waals surface area contributed by atoms with Crippen molar-refractivity contribution in [1.29, 1.82) is 0 Å². The predicted octanol–water partition coefficient (Wildman–Crippen LogP) is 3.96. The first-order valence-corrected chi connectivity index (χ1v) is 8.50. The molecular formula is C18H25N3O2. The Morgan fingerprint density at radius 3 is 2.70 bits per heavy atom. The maximum atomic E-state index is 5.83. The van der Waals surface area contributed by atoms with Crippen LogP contribution in [-0.2, 0) is 0 Å². The molecule has 2 heterocycles. The zero-order chi connectivity index (χ0) is 16.2. The molecule has 0 radical (unpaired) electrons. The van der Waals surface area contributed by atoms with Crippen molar-refractivity contribution in [3.05, 3.63) is 29.2 Å². The first kappa shape index (κ1) is 16.0. The van der Waals surface area contributed by atoms with Gasteiger partial charge < -0.3 is 14.6 Å². The third kappa shape index (κ3) is 3.55. The van der Waals surface area contributed by atoms with Crippen molar-refractivity contribution < 1.29 is 9.26 Å². The summed E-state index contributed by atoms with van der Waals surface area (Å²) in [6.45, 7) is 7.99. The van der Waals surface area contributed by atoms with Crippen LogP contribution in [0.5, 0.6) is 5.75 Å². The van der Waals surface area contributed by atoms with Crippen LogP contribution in [0.25, 0.3) is 11.4 Å². The Kier molecular flexibility index (Phi) is 4.96. The van der Waals surface area contributed by atoms with Crippen LogP contribution in [0.4, 0.5) is 0 Å². The summed E-state index contributed by atoms with van der Waals surface area (Å²) in [6.07, 6.45) is 4.48. The highest BCUT2D eigenvalue weighted by molar-refractivity contribution is 5.61. The van der Waals surface area contributed by atoms with E-state index in [2.05, 4.69) is 48.4 Å². The Morgan fingerprint density at radius 2 is 2.04 bits per heavy atom. The first-order chi connectivity index (χ1) is 11.2. The minimum Gasteiger partial charge on any atom is -0.493 e. The molecule has 0 amide bonds. The molecule has 0 unspecified atom stereocenters. The summed E-state index contributed by atoms with van der Waals surface area (Å²) in [5, 5.41) is 7.61. The van der Waals surface area contributed by atoms with Gasteiger partial charge in [0.15, 0.2) is 0 Å². The van der Waals surface area contributed by atoms with Crippen LogP contribution in [0.1, 0.15) is 55.7 Å². The van der Waals surface area contributed by atoms with E-state index in [0.717, 1.165) is 48.4 Å². The number of ether oxygens (including phenoxy) is 1. The third-order valence-electron chi connectivity index (χ3n) is 4.22. The maximum absolute atomic E-state index is 5.83. The van der Waals surface area contributed by atoms with Crippen molar-refractivity contribution >= 4 is 0 Å². The van der Waals surface area contributed by atoms with Crippen LogP contribution in [-0.4, -0.2) is 23.3 Å². The number of piperidine rings is 1. The van der Waals surface area contributed by atoms with Crippen molar-refractivity contribution in [3.63, 3.8) is 0 Å². The van der Waals surface area contributed by atoms with Gasteiger partial charge in [0.2, 0.25) is 11.7 Å². The van der Waals surface area contributed by atoms with E-state index in [1.54, 1.807) is 0 Å². The highest BCUT2D eigenvalue weighted by atomic mass is 16.5. The fourth-order valence-electron chi connectivity index (χ4n) is 3.07. The number of benzene rings is 1. The standard InChI is InChI=1S/C18H25N3O2/c1-4-9-22-16-12(2)10-14(11-13(16)3)17-20-18(23-21-17)15-7-5-6-8-19-15/h10-11,15,19H,4-9H2,1-3H3/t15-/m0/s1. The Labute approximate surface area is 137 Å². The van der Waals surface area contributed by atoms with Gasteiger partial charge in [0.1, 0.15) is 5.75 Å². The molecule has 1 aliphatic rings. The average molecular weight is 315 g/mol. The molecule has 0 aliphatic carbocycles. The van der Waals surface area contributed by atoms with Gasteiger partial charge in [-0.15, -0.1) is 0 Å². The smallest absolute Gasteiger partial charge is 0.244 e. The second-order valence-electron chi connectivity index (χ2n) is 6.25. The van der Waals surface area contributed by atoms with Crippen molar-refractivity contribution in [1.82, 2.24) is 15.5 Å². The van der Waals surface area contributed by atoms with Crippen molar-refractivity contribution in [2.24, 2.45) is 0 Å². The first-order valence-electron chi connectivity index (χ1n) is 8.50. The van der Waals surface area contributed by atoms with Gasteiger partial charge in [0.25, 0.3) is 0 Å². The lowest BCUT2D eigenvalue weighted by molar-refractivity contribution is 0.297. The molecule has 5 nitrogen and oxygen atoms in total. The summed E-state index contributed by atoms with van der Waals surface area (Å²) >= 11 is 0. The summed E-state index contributed by atoms with van der Waals surface area (Å²) in [6, 6.07) is 4.33. The molecule has 1 fully saturated rings. The summed E-state index contributed by atoms with van der Waals surface area (Å²) in [5.74, 6) is 2.31. The number of aryl methyl sites for hydroxylation is 2. The minimum atomic E-state index is 0.194. The van der Waals surface area contributed by atoms with Crippen LogP contribution < -0.4 is 10.1 Å². The summed E-state index contributed by atoms with van der Waals surface area (Å²) in [7, 11) is 0. The molecule has 1 N–H and O–H groups in total. The van der Waals surface area contributed by atoms with Gasteiger partial charge in [-0.1, -0.05) is 18.5 Å². The number of nitrogens with zero attached hydrogens (tertiary/aromatic N) is 2. The molecule has 0 spiro atoms. The van der Waals surface area contributed by atoms with Crippen molar-refractivity contribution in [2.45, 2.75) is 52.5 Å². The lowest BCUT2D eigenvalue weighted by Crippen LogP contribution is -2.26. The highest BCUT2D eigenvalue weighted by Crippen LogP contribution is 2.30.